The highest BCUT2D eigenvalue weighted by molar-refractivity contribution is 7.26. The predicted octanol–water partition coefficient (Wildman–Crippen LogP) is 11.2. The molecule has 2 heteroatoms. The number of benzene rings is 5. The lowest BCUT2D eigenvalue weighted by Gasteiger charge is -2.28. The summed E-state index contributed by atoms with van der Waals surface area (Å²) in [5, 5.41) is 2.66. The van der Waals surface area contributed by atoms with Gasteiger partial charge in [-0.25, -0.2) is 0 Å². The van der Waals surface area contributed by atoms with Crippen molar-refractivity contribution in [3.05, 3.63) is 126 Å². The Hall–Kier alpha value is -3.88. The van der Waals surface area contributed by atoms with Crippen LogP contribution in [-0.2, 0) is 11.8 Å². The number of aryl methyl sites for hydroxylation is 1. The van der Waals surface area contributed by atoms with Crippen LogP contribution >= 0.6 is 11.3 Å². The van der Waals surface area contributed by atoms with Gasteiger partial charge < -0.3 is 4.90 Å². The van der Waals surface area contributed by atoms with Gasteiger partial charge in [0.2, 0.25) is 0 Å². The monoisotopic (exact) mass is 523 g/mol. The van der Waals surface area contributed by atoms with Crippen LogP contribution in [0.5, 0.6) is 0 Å². The number of unbranched alkanes of at least 4 members (excludes halogenated alkanes) is 1. The van der Waals surface area contributed by atoms with Crippen LogP contribution in [-0.4, -0.2) is 0 Å². The minimum absolute atomic E-state index is 0.0404. The molecular weight excluding hydrogens is 490 g/mol. The number of hydrogen-bond acceptors (Lipinski definition) is 2. The molecule has 6 aromatic rings. The van der Waals surface area contributed by atoms with E-state index in [4.69, 9.17) is 0 Å². The van der Waals surface area contributed by atoms with Crippen molar-refractivity contribution >= 4 is 48.6 Å². The largest absolute Gasteiger partial charge is 0.309 e. The number of hydrogen-bond donors (Lipinski definition) is 0. The smallest absolute Gasteiger partial charge is 0.0640 e. The minimum atomic E-state index is -0.0404. The molecule has 0 N–H and O–H groups in total. The van der Waals surface area contributed by atoms with Crippen LogP contribution in [0.1, 0.15) is 50.3 Å². The first-order valence-electron chi connectivity index (χ1n) is 14.1. The van der Waals surface area contributed by atoms with Gasteiger partial charge in [0.1, 0.15) is 0 Å². The van der Waals surface area contributed by atoms with E-state index in [1.54, 1.807) is 0 Å². The Labute approximate surface area is 235 Å². The quantitative estimate of drug-likeness (QED) is 0.210. The van der Waals surface area contributed by atoms with Gasteiger partial charge >= 0.3 is 0 Å². The molecule has 1 nitrogen and oxygen atoms in total. The topological polar surface area (TPSA) is 3.24 Å². The highest BCUT2D eigenvalue weighted by atomic mass is 32.1. The lowest BCUT2D eigenvalue weighted by atomic mass is 9.82. The lowest BCUT2D eigenvalue weighted by molar-refractivity contribution is 0.660. The van der Waals surface area contributed by atoms with Crippen LogP contribution in [0.25, 0.3) is 31.3 Å². The van der Waals surface area contributed by atoms with Crippen molar-refractivity contribution in [2.24, 2.45) is 0 Å². The molecular formula is C37H33NS. The van der Waals surface area contributed by atoms with E-state index in [-0.39, 0.29) is 5.41 Å². The second-order valence-corrected chi connectivity index (χ2v) is 12.3. The number of thiophene rings is 1. The molecule has 0 spiro atoms. The molecule has 5 aromatic carbocycles. The summed E-state index contributed by atoms with van der Waals surface area (Å²) in [4.78, 5) is 2.47. The summed E-state index contributed by atoms with van der Waals surface area (Å²) < 4.78 is 2.66. The third kappa shape index (κ3) is 3.89. The minimum Gasteiger partial charge on any atom is -0.309 e. The molecule has 1 heterocycles. The molecule has 1 aliphatic carbocycles. The Morgan fingerprint density at radius 3 is 2.23 bits per heavy atom. The van der Waals surface area contributed by atoms with Gasteiger partial charge in [0.05, 0.1) is 10.4 Å². The van der Waals surface area contributed by atoms with Crippen LogP contribution in [0.15, 0.2) is 109 Å². The SMILES string of the molecule is CCCCc1ccc(N(c2ccc3c(c2)C(C)(C)c2ccccc2-3)c2cccc3c2sc2ccccc23)cc1. The number of anilines is 3. The fourth-order valence-corrected chi connectivity index (χ4v) is 7.57. The maximum Gasteiger partial charge on any atom is 0.0640 e. The van der Waals surface area contributed by atoms with Gasteiger partial charge in [0.25, 0.3) is 0 Å². The van der Waals surface area contributed by atoms with Crippen molar-refractivity contribution in [2.45, 2.75) is 45.4 Å². The Morgan fingerprint density at radius 2 is 1.38 bits per heavy atom. The Bertz CT molecular complexity index is 1820. The van der Waals surface area contributed by atoms with Crippen LogP contribution in [0.3, 0.4) is 0 Å². The molecule has 0 aliphatic heterocycles. The highest BCUT2D eigenvalue weighted by Gasteiger charge is 2.35. The maximum absolute atomic E-state index is 2.47. The first kappa shape index (κ1) is 24.2. The molecule has 192 valence electrons. The molecule has 0 amide bonds. The standard InChI is InChI=1S/C37H33NS/c1-4-5-11-25-18-20-26(21-19-25)38(34-16-10-14-31-30-13-7-9-17-35(30)39-36(31)34)27-22-23-29-28-12-6-8-15-32(28)37(2,3)33(29)24-27/h6-10,12-24H,4-5,11H2,1-3H3. The summed E-state index contributed by atoms with van der Waals surface area (Å²) in [7, 11) is 0. The van der Waals surface area contributed by atoms with Crippen molar-refractivity contribution in [3.63, 3.8) is 0 Å². The van der Waals surface area contributed by atoms with Crippen molar-refractivity contribution in [1.29, 1.82) is 0 Å². The second-order valence-electron chi connectivity index (χ2n) is 11.3. The zero-order chi connectivity index (χ0) is 26.6. The molecule has 0 atom stereocenters. The summed E-state index contributed by atoms with van der Waals surface area (Å²) in [6, 6.07) is 40.8. The number of nitrogens with zero attached hydrogens (tertiary/aromatic N) is 1. The average molecular weight is 524 g/mol. The van der Waals surface area contributed by atoms with Gasteiger partial charge in [-0.2, -0.15) is 0 Å². The average Bonchev–Trinajstić information content (AvgIpc) is 3.46. The summed E-state index contributed by atoms with van der Waals surface area (Å²) in [6.45, 7) is 6.98. The first-order chi connectivity index (χ1) is 19.1. The van der Waals surface area contributed by atoms with Crippen LogP contribution in [0.2, 0.25) is 0 Å². The maximum atomic E-state index is 2.47. The van der Waals surface area contributed by atoms with Crippen LogP contribution in [0.4, 0.5) is 17.1 Å². The van der Waals surface area contributed by atoms with Crippen molar-refractivity contribution < 1.29 is 0 Å². The van der Waals surface area contributed by atoms with E-state index in [1.165, 1.54) is 77.9 Å². The van der Waals surface area contributed by atoms with Gasteiger partial charge in [-0.1, -0.05) is 100.0 Å². The van der Waals surface area contributed by atoms with Crippen molar-refractivity contribution in [3.8, 4) is 11.1 Å². The Balaban J connectivity index is 1.43. The summed E-state index contributed by atoms with van der Waals surface area (Å²) in [5.74, 6) is 0. The van der Waals surface area contributed by atoms with Gasteiger partial charge in [0.15, 0.2) is 0 Å². The fraction of sp³-hybridized carbons (Fsp3) is 0.189. The Kier molecular flexibility index (Phi) is 5.82. The summed E-state index contributed by atoms with van der Waals surface area (Å²) in [6.07, 6.45) is 3.58. The molecule has 39 heavy (non-hydrogen) atoms. The van der Waals surface area contributed by atoms with E-state index in [0.29, 0.717) is 0 Å². The van der Waals surface area contributed by atoms with Gasteiger partial charge in [0, 0.05) is 32.3 Å². The molecule has 0 fully saturated rings. The van der Waals surface area contributed by atoms with E-state index in [9.17, 15) is 0 Å². The molecule has 0 bridgehead atoms. The van der Waals surface area contributed by atoms with E-state index in [2.05, 4.69) is 135 Å². The molecule has 0 radical (unpaired) electrons. The third-order valence-corrected chi connectivity index (χ3v) is 9.67. The second kappa shape index (κ2) is 9.39. The molecule has 0 saturated carbocycles. The molecule has 7 rings (SSSR count). The van der Waals surface area contributed by atoms with Crippen molar-refractivity contribution in [2.75, 3.05) is 4.90 Å². The number of fused-ring (bicyclic) bond motifs is 6. The molecule has 0 saturated heterocycles. The number of rotatable bonds is 6. The van der Waals surface area contributed by atoms with E-state index in [1.807, 2.05) is 11.3 Å². The third-order valence-electron chi connectivity index (χ3n) is 8.46. The van der Waals surface area contributed by atoms with Gasteiger partial charge in [-0.3, -0.25) is 0 Å². The summed E-state index contributed by atoms with van der Waals surface area (Å²) >= 11 is 1.89. The van der Waals surface area contributed by atoms with Crippen LogP contribution < -0.4 is 4.90 Å². The molecule has 0 unspecified atom stereocenters. The highest BCUT2D eigenvalue weighted by Crippen LogP contribution is 2.51. The van der Waals surface area contributed by atoms with Gasteiger partial charge in [-0.15, -0.1) is 11.3 Å². The fourth-order valence-electron chi connectivity index (χ4n) is 6.36. The van der Waals surface area contributed by atoms with Gasteiger partial charge in [-0.05, 0) is 77.1 Å². The first-order valence-corrected chi connectivity index (χ1v) is 14.9. The zero-order valence-corrected chi connectivity index (χ0v) is 23.7. The van der Waals surface area contributed by atoms with Crippen molar-refractivity contribution in [1.82, 2.24) is 0 Å². The van der Waals surface area contributed by atoms with E-state index < -0.39 is 0 Å². The van der Waals surface area contributed by atoms with E-state index in [0.717, 1.165) is 6.42 Å². The predicted molar refractivity (Wildman–Crippen MR) is 170 cm³/mol. The van der Waals surface area contributed by atoms with E-state index >= 15 is 0 Å². The Morgan fingerprint density at radius 1 is 0.667 bits per heavy atom. The molecule has 1 aromatic heterocycles. The zero-order valence-electron chi connectivity index (χ0n) is 22.9. The van der Waals surface area contributed by atoms with Crippen LogP contribution in [0, 0.1) is 0 Å². The molecule has 1 aliphatic rings. The lowest BCUT2D eigenvalue weighted by Crippen LogP contribution is -2.16. The summed E-state index contributed by atoms with van der Waals surface area (Å²) in [5.41, 5.74) is 10.5. The normalized spacial score (nSPS) is 13.5.